The van der Waals surface area contributed by atoms with Crippen molar-refractivity contribution in [3.63, 3.8) is 0 Å². The molecular formula is C13H26N2. The Bertz CT molecular complexity index is 205. The average molecular weight is 210 g/mol. The molecule has 0 bridgehead atoms. The summed E-state index contributed by atoms with van der Waals surface area (Å²) in [6.07, 6.45) is 5.62. The van der Waals surface area contributed by atoms with Crippen molar-refractivity contribution in [2.45, 2.75) is 64.6 Å². The molecule has 4 atom stereocenters. The van der Waals surface area contributed by atoms with Crippen molar-refractivity contribution in [3.05, 3.63) is 0 Å². The smallest absolute Gasteiger partial charge is 0.0221 e. The van der Waals surface area contributed by atoms with Crippen LogP contribution < -0.4 is 5.32 Å². The quantitative estimate of drug-likeness (QED) is 0.752. The third-order valence-corrected chi connectivity index (χ3v) is 4.37. The molecule has 2 heteroatoms. The minimum atomic E-state index is 0.681. The van der Waals surface area contributed by atoms with E-state index in [4.69, 9.17) is 0 Å². The highest BCUT2D eigenvalue weighted by Gasteiger charge is 2.35. The van der Waals surface area contributed by atoms with E-state index in [-0.39, 0.29) is 0 Å². The molecule has 1 heterocycles. The van der Waals surface area contributed by atoms with Crippen molar-refractivity contribution in [1.29, 1.82) is 0 Å². The first kappa shape index (κ1) is 11.4. The van der Waals surface area contributed by atoms with Gasteiger partial charge in [0.05, 0.1) is 0 Å². The molecule has 15 heavy (non-hydrogen) atoms. The van der Waals surface area contributed by atoms with Crippen LogP contribution in [-0.2, 0) is 0 Å². The summed E-state index contributed by atoms with van der Waals surface area (Å²) >= 11 is 0. The lowest BCUT2D eigenvalue weighted by Gasteiger charge is -2.44. The number of rotatable bonds is 2. The van der Waals surface area contributed by atoms with Gasteiger partial charge in [-0.1, -0.05) is 20.3 Å². The van der Waals surface area contributed by atoms with Gasteiger partial charge in [0.2, 0.25) is 0 Å². The van der Waals surface area contributed by atoms with E-state index in [1.54, 1.807) is 0 Å². The van der Waals surface area contributed by atoms with Gasteiger partial charge in [0.15, 0.2) is 0 Å². The molecule has 0 aromatic carbocycles. The van der Waals surface area contributed by atoms with Gasteiger partial charge in [-0.05, 0) is 32.1 Å². The zero-order valence-electron chi connectivity index (χ0n) is 10.5. The lowest BCUT2D eigenvalue weighted by atomic mass is 9.98. The normalized spacial score (nSPS) is 43.4. The summed E-state index contributed by atoms with van der Waals surface area (Å²) in [4.78, 5) is 2.80. The summed E-state index contributed by atoms with van der Waals surface area (Å²) in [6.45, 7) is 9.54. The van der Waals surface area contributed by atoms with Crippen LogP contribution in [0.1, 0.15) is 46.5 Å². The van der Waals surface area contributed by atoms with E-state index in [9.17, 15) is 0 Å². The standard InChI is InChI=1S/C13H26N2/c1-4-12-8-14-11(3)9-15(12)13-7-5-6-10(13)2/h10-14H,4-9H2,1-3H3. The van der Waals surface area contributed by atoms with Crippen molar-refractivity contribution in [2.24, 2.45) is 5.92 Å². The fraction of sp³-hybridized carbons (Fsp3) is 1.00. The monoisotopic (exact) mass is 210 g/mol. The lowest BCUT2D eigenvalue weighted by molar-refractivity contribution is 0.0669. The molecule has 2 aliphatic rings. The molecule has 2 nitrogen and oxygen atoms in total. The molecule has 1 saturated heterocycles. The van der Waals surface area contributed by atoms with Crippen molar-refractivity contribution in [3.8, 4) is 0 Å². The highest BCUT2D eigenvalue weighted by Crippen LogP contribution is 2.32. The van der Waals surface area contributed by atoms with Gasteiger partial charge in [-0.3, -0.25) is 4.90 Å². The summed E-state index contributed by atoms with van der Waals surface area (Å²) in [5.41, 5.74) is 0. The predicted octanol–water partition coefficient (Wildman–Crippen LogP) is 2.25. The minimum absolute atomic E-state index is 0.681. The van der Waals surface area contributed by atoms with Crippen LogP contribution in [0.15, 0.2) is 0 Å². The van der Waals surface area contributed by atoms with Crippen molar-refractivity contribution >= 4 is 0 Å². The Morgan fingerprint density at radius 1 is 1.27 bits per heavy atom. The molecule has 1 saturated carbocycles. The second-order valence-corrected chi connectivity index (χ2v) is 5.54. The van der Waals surface area contributed by atoms with Crippen LogP contribution in [0.2, 0.25) is 0 Å². The van der Waals surface area contributed by atoms with Crippen LogP contribution in [0.5, 0.6) is 0 Å². The first-order chi connectivity index (χ1) is 7.22. The third kappa shape index (κ3) is 2.36. The summed E-state index contributed by atoms with van der Waals surface area (Å²) in [5, 5.41) is 3.61. The van der Waals surface area contributed by atoms with Gasteiger partial charge in [0.1, 0.15) is 0 Å². The molecular weight excluding hydrogens is 184 g/mol. The Kier molecular flexibility index (Phi) is 3.68. The topological polar surface area (TPSA) is 15.3 Å². The number of nitrogens with one attached hydrogen (secondary N) is 1. The summed E-state index contributed by atoms with van der Waals surface area (Å²) in [6, 6.07) is 2.34. The third-order valence-electron chi connectivity index (χ3n) is 4.37. The predicted molar refractivity (Wildman–Crippen MR) is 65.1 cm³/mol. The fourth-order valence-corrected chi connectivity index (χ4v) is 3.39. The van der Waals surface area contributed by atoms with E-state index >= 15 is 0 Å². The van der Waals surface area contributed by atoms with Gasteiger partial charge in [-0.25, -0.2) is 0 Å². The van der Waals surface area contributed by atoms with Gasteiger partial charge >= 0.3 is 0 Å². The van der Waals surface area contributed by atoms with Crippen LogP contribution in [0.3, 0.4) is 0 Å². The van der Waals surface area contributed by atoms with Crippen molar-refractivity contribution in [2.75, 3.05) is 13.1 Å². The Labute approximate surface area is 94.4 Å². The minimum Gasteiger partial charge on any atom is -0.311 e. The molecule has 0 amide bonds. The number of nitrogens with zero attached hydrogens (tertiary/aromatic N) is 1. The van der Waals surface area contributed by atoms with E-state index in [0.29, 0.717) is 6.04 Å². The molecule has 0 aromatic heterocycles. The Balaban J connectivity index is 2.02. The van der Waals surface area contributed by atoms with Crippen molar-refractivity contribution in [1.82, 2.24) is 10.2 Å². The first-order valence-corrected chi connectivity index (χ1v) is 6.71. The Morgan fingerprint density at radius 3 is 2.67 bits per heavy atom. The van der Waals surface area contributed by atoms with Crippen LogP contribution in [0.4, 0.5) is 0 Å². The average Bonchev–Trinajstić information content (AvgIpc) is 2.64. The fourth-order valence-electron chi connectivity index (χ4n) is 3.39. The highest BCUT2D eigenvalue weighted by atomic mass is 15.3. The number of hydrogen-bond donors (Lipinski definition) is 1. The van der Waals surface area contributed by atoms with Crippen LogP contribution in [0.25, 0.3) is 0 Å². The van der Waals surface area contributed by atoms with Gasteiger partial charge in [0, 0.05) is 31.2 Å². The zero-order chi connectivity index (χ0) is 10.8. The van der Waals surface area contributed by atoms with E-state index in [0.717, 1.165) is 18.0 Å². The zero-order valence-corrected chi connectivity index (χ0v) is 10.5. The van der Waals surface area contributed by atoms with Gasteiger partial charge < -0.3 is 5.32 Å². The van der Waals surface area contributed by atoms with Gasteiger partial charge in [-0.2, -0.15) is 0 Å². The van der Waals surface area contributed by atoms with Gasteiger partial charge in [0.25, 0.3) is 0 Å². The highest BCUT2D eigenvalue weighted by molar-refractivity contribution is 4.92. The summed E-state index contributed by atoms with van der Waals surface area (Å²) < 4.78 is 0. The second-order valence-electron chi connectivity index (χ2n) is 5.54. The van der Waals surface area contributed by atoms with Gasteiger partial charge in [-0.15, -0.1) is 0 Å². The number of hydrogen-bond acceptors (Lipinski definition) is 2. The van der Waals surface area contributed by atoms with Crippen LogP contribution >= 0.6 is 0 Å². The molecule has 0 aromatic rings. The molecule has 0 spiro atoms. The molecule has 2 rings (SSSR count). The van der Waals surface area contributed by atoms with Crippen LogP contribution in [0, 0.1) is 5.92 Å². The molecule has 88 valence electrons. The van der Waals surface area contributed by atoms with E-state index in [1.165, 1.54) is 38.8 Å². The SMILES string of the molecule is CCC1CNC(C)CN1C1CCCC1C. The molecule has 2 fully saturated rings. The molecule has 1 aliphatic heterocycles. The molecule has 0 radical (unpaired) electrons. The van der Waals surface area contributed by atoms with E-state index < -0.39 is 0 Å². The largest absolute Gasteiger partial charge is 0.311 e. The Morgan fingerprint density at radius 2 is 2.07 bits per heavy atom. The first-order valence-electron chi connectivity index (χ1n) is 6.71. The maximum atomic E-state index is 3.61. The molecule has 4 unspecified atom stereocenters. The second kappa shape index (κ2) is 4.84. The maximum absolute atomic E-state index is 3.61. The molecule has 1 aliphatic carbocycles. The number of piperazine rings is 1. The van der Waals surface area contributed by atoms with Crippen LogP contribution in [-0.4, -0.2) is 36.1 Å². The maximum Gasteiger partial charge on any atom is 0.0221 e. The Hall–Kier alpha value is -0.0800. The summed E-state index contributed by atoms with van der Waals surface area (Å²) in [5.74, 6) is 0.921. The van der Waals surface area contributed by atoms with E-state index in [2.05, 4.69) is 31.0 Å². The molecule has 1 N–H and O–H groups in total. The lowest BCUT2D eigenvalue weighted by Crippen LogP contribution is -2.58. The van der Waals surface area contributed by atoms with E-state index in [1.807, 2.05) is 0 Å². The van der Waals surface area contributed by atoms with Crippen molar-refractivity contribution < 1.29 is 0 Å². The summed E-state index contributed by atoms with van der Waals surface area (Å²) in [7, 11) is 0.